The molecule has 2 aromatic rings. The Bertz CT molecular complexity index is 503. The first-order valence-corrected chi connectivity index (χ1v) is 5.59. The molecule has 1 aliphatic rings. The van der Waals surface area contributed by atoms with Crippen molar-refractivity contribution in [1.82, 2.24) is 10.2 Å². The van der Waals surface area contributed by atoms with Gasteiger partial charge in [0.1, 0.15) is 5.75 Å². The normalized spacial score (nSPS) is 14.6. The molecule has 88 valence electrons. The van der Waals surface area contributed by atoms with Gasteiger partial charge in [-0.3, -0.25) is 0 Å². The van der Waals surface area contributed by atoms with Crippen LogP contribution in [0.15, 0.2) is 28.7 Å². The first-order chi connectivity index (χ1) is 8.35. The second kappa shape index (κ2) is 4.08. The Morgan fingerprint density at radius 2 is 2.00 bits per heavy atom. The molecule has 5 nitrogen and oxygen atoms in total. The van der Waals surface area contributed by atoms with Gasteiger partial charge in [-0.25, -0.2) is 0 Å². The first-order valence-electron chi connectivity index (χ1n) is 5.59. The van der Waals surface area contributed by atoms with E-state index in [0.29, 0.717) is 17.9 Å². The topological polar surface area (TPSA) is 60.2 Å². The highest BCUT2D eigenvalue weighted by Crippen LogP contribution is 2.26. The van der Waals surface area contributed by atoms with E-state index in [2.05, 4.69) is 15.5 Å². The molecule has 1 fully saturated rings. The summed E-state index contributed by atoms with van der Waals surface area (Å²) in [7, 11) is 1.64. The SMILES string of the molecule is COc1ccc(-c2nnc(NC3CC3)o2)cc1. The molecule has 1 N–H and O–H groups in total. The molecule has 0 unspecified atom stereocenters. The van der Waals surface area contributed by atoms with Gasteiger partial charge in [0.2, 0.25) is 5.89 Å². The van der Waals surface area contributed by atoms with E-state index < -0.39 is 0 Å². The summed E-state index contributed by atoms with van der Waals surface area (Å²) in [5.74, 6) is 1.33. The molecule has 0 saturated heterocycles. The summed E-state index contributed by atoms with van der Waals surface area (Å²) in [5, 5.41) is 11.1. The molecule has 0 amide bonds. The van der Waals surface area contributed by atoms with Crippen molar-refractivity contribution in [1.29, 1.82) is 0 Å². The molecule has 1 aromatic heterocycles. The highest BCUT2D eigenvalue weighted by molar-refractivity contribution is 5.54. The molecule has 3 rings (SSSR count). The third-order valence-corrected chi connectivity index (χ3v) is 2.67. The predicted molar refractivity (Wildman–Crippen MR) is 62.9 cm³/mol. The van der Waals surface area contributed by atoms with Gasteiger partial charge >= 0.3 is 6.01 Å². The van der Waals surface area contributed by atoms with E-state index in [9.17, 15) is 0 Å². The number of nitrogens with one attached hydrogen (secondary N) is 1. The third kappa shape index (κ3) is 2.22. The maximum Gasteiger partial charge on any atom is 0.315 e. The number of hydrogen-bond acceptors (Lipinski definition) is 5. The number of anilines is 1. The van der Waals surface area contributed by atoms with E-state index in [4.69, 9.17) is 9.15 Å². The van der Waals surface area contributed by atoms with Gasteiger partial charge in [-0.1, -0.05) is 5.10 Å². The zero-order valence-electron chi connectivity index (χ0n) is 9.51. The average Bonchev–Trinajstić information content (AvgIpc) is 3.06. The Morgan fingerprint density at radius 1 is 1.24 bits per heavy atom. The van der Waals surface area contributed by atoms with Gasteiger partial charge in [-0.15, -0.1) is 5.10 Å². The van der Waals surface area contributed by atoms with Crippen molar-refractivity contribution < 1.29 is 9.15 Å². The molecule has 1 aliphatic carbocycles. The second-order valence-electron chi connectivity index (χ2n) is 4.06. The molecule has 0 spiro atoms. The van der Waals surface area contributed by atoms with Gasteiger partial charge < -0.3 is 14.5 Å². The number of methoxy groups -OCH3 is 1. The molecule has 5 heteroatoms. The Kier molecular flexibility index (Phi) is 2.44. The van der Waals surface area contributed by atoms with E-state index in [1.165, 1.54) is 12.8 Å². The van der Waals surface area contributed by atoms with Crippen LogP contribution < -0.4 is 10.1 Å². The molecular weight excluding hydrogens is 218 g/mol. The van der Waals surface area contributed by atoms with Crippen molar-refractivity contribution in [3.63, 3.8) is 0 Å². The summed E-state index contributed by atoms with van der Waals surface area (Å²) in [6.07, 6.45) is 2.36. The molecule has 0 bridgehead atoms. The van der Waals surface area contributed by atoms with E-state index in [1.54, 1.807) is 7.11 Å². The number of rotatable bonds is 4. The molecule has 0 aliphatic heterocycles. The van der Waals surface area contributed by atoms with Gasteiger partial charge in [0.25, 0.3) is 0 Å². The lowest BCUT2D eigenvalue weighted by molar-refractivity contribution is 0.415. The summed E-state index contributed by atoms with van der Waals surface area (Å²) >= 11 is 0. The van der Waals surface area contributed by atoms with Crippen LogP contribution in [-0.4, -0.2) is 23.3 Å². The van der Waals surface area contributed by atoms with Gasteiger partial charge in [0, 0.05) is 11.6 Å². The quantitative estimate of drug-likeness (QED) is 0.875. The monoisotopic (exact) mass is 231 g/mol. The minimum absolute atomic E-state index is 0.498. The molecule has 0 radical (unpaired) electrons. The molecule has 1 heterocycles. The van der Waals surface area contributed by atoms with Crippen molar-refractivity contribution in [3.05, 3.63) is 24.3 Å². The van der Waals surface area contributed by atoms with Crippen LogP contribution in [0.2, 0.25) is 0 Å². The molecule has 0 atom stereocenters. The Labute approximate surface area is 98.8 Å². The maximum atomic E-state index is 5.52. The number of nitrogens with zero attached hydrogens (tertiary/aromatic N) is 2. The maximum absolute atomic E-state index is 5.52. The highest BCUT2D eigenvalue weighted by Gasteiger charge is 2.23. The summed E-state index contributed by atoms with van der Waals surface area (Å²) in [5.41, 5.74) is 0.891. The molecule has 1 saturated carbocycles. The fourth-order valence-electron chi connectivity index (χ4n) is 1.53. The average molecular weight is 231 g/mol. The largest absolute Gasteiger partial charge is 0.497 e. The number of ether oxygens (including phenoxy) is 1. The van der Waals surface area contributed by atoms with Crippen LogP contribution in [-0.2, 0) is 0 Å². The molecule has 17 heavy (non-hydrogen) atoms. The summed E-state index contributed by atoms with van der Waals surface area (Å²) in [4.78, 5) is 0. The van der Waals surface area contributed by atoms with Gasteiger partial charge in [-0.2, -0.15) is 0 Å². The van der Waals surface area contributed by atoms with E-state index >= 15 is 0 Å². The minimum Gasteiger partial charge on any atom is -0.497 e. The summed E-state index contributed by atoms with van der Waals surface area (Å²) < 4.78 is 10.6. The smallest absolute Gasteiger partial charge is 0.315 e. The fraction of sp³-hybridized carbons (Fsp3) is 0.333. The van der Waals surface area contributed by atoms with Crippen molar-refractivity contribution in [2.24, 2.45) is 0 Å². The van der Waals surface area contributed by atoms with E-state index in [0.717, 1.165) is 11.3 Å². The predicted octanol–water partition coefficient (Wildman–Crippen LogP) is 2.32. The zero-order chi connectivity index (χ0) is 11.7. The molecule has 1 aromatic carbocycles. The van der Waals surface area contributed by atoms with Crippen LogP contribution in [0, 0.1) is 0 Å². The van der Waals surface area contributed by atoms with E-state index in [1.807, 2.05) is 24.3 Å². The highest BCUT2D eigenvalue weighted by atomic mass is 16.5. The van der Waals surface area contributed by atoms with Crippen molar-refractivity contribution in [2.45, 2.75) is 18.9 Å². The van der Waals surface area contributed by atoms with Crippen molar-refractivity contribution in [2.75, 3.05) is 12.4 Å². The van der Waals surface area contributed by atoms with Gasteiger partial charge in [-0.05, 0) is 37.1 Å². The van der Waals surface area contributed by atoms with Crippen molar-refractivity contribution >= 4 is 6.01 Å². The third-order valence-electron chi connectivity index (χ3n) is 2.67. The zero-order valence-corrected chi connectivity index (χ0v) is 9.51. The first kappa shape index (κ1) is 10.1. The van der Waals surface area contributed by atoms with E-state index in [-0.39, 0.29) is 0 Å². The number of hydrogen-bond donors (Lipinski definition) is 1. The minimum atomic E-state index is 0.498. The standard InChI is InChI=1S/C12H13N3O2/c1-16-10-6-2-8(3-7-10)11-14-15-12(17-11)13-9-4-5-9/h2-3,6-7,9H,4-5H2,1H3,(H,13,15). The van der Waals surface area contributed by atoms with Crippen molar-refractivity contribution in [3.8, 4) is 17.2 Å². The lowest BCUT2D eigenvalue weighted by atomic mass is 10.2. The van der Waals surface area contributed by atoms with Gasteiger partial charge in [0.15, 0.2) is 0 Å². The second-order valence-corrected chi connectivity index (χ2v) is 4.06. The fourth-order valence-corrected chi connectivity index (χ4v) is 1.53. The van der Waals surface area contributed by atoms with Crippen LogP contribution >= 0.6 is 0 Å². The summed E-state index contributed by atoms with van der Waals surface area (Å²) in [6, 6.07) is 8.54. The Hall–Kier alpha value is -2.04. The Morgan fingerprint density at radius 3 is 2.65 bits per heavy atom. The van der Waals surface area contributed by atoms with Crippen LogP contribution in [0.3, 0.4) is 0 Å². The number of aromatic nitrogens is 2. The number of benzene rings is 1. The van der Waals surface area contributed by atoms with Crippen LogP contribution in [0.5, 0.6) is 5.75 Å². The lowest BCUT2D eigenvalue weighted by Gasteiger charge is -1.99. The molecular formula is C12H13N3O2. The van der Waals surface area contributed by atoms with Crippen LogP contribution in [0.1, 0.15) is 12.8 Å². The van der Waals surface area contributed by atoms with Gasteiger partial charge in [0.05, 0.1) is 7.11 Å². The lowest BCUT2D eigenvalue weighted by Crippen LogP contribution is -2.00. The Balaban J connectivity index is 1.79. The van der Waals surface area contributed by atoms with Crippen LogP contribution in [0.4, 0.5) is 6.01 Å². The summed E-state index contributed by atoms with van der Waals surface area (Å²) in [6.45, 7) is 0. The van der Waals surface area contributed by atoms with Crippen LogP contribution in [0.25, 0.3) is 11.5 Å².